The Morgan fingerprint density at radius 3 is 2.75 bits per heavy atom. The summed E-state index contributed by atoms with van der Waals surface area (Å²) in [5.74, 6) is 0.316. The first-order valence-electron chi connectivity index (χ1n) is 5.20. The predicted molar refractivity (Wildman–Crippen MR) is 64.4 cm³/mol. The van der Waals surface area contributed by atoms with Gasteiger partial charge >= 0.3 is 0 Å². The van der Waals surface area contributed by atoms with Crippen molar-refractivity contribution in [3.8, 4) is 5.75 Å². The van der Waals surface area contributed by atoms with Crippen molar-refractivity contribution in [1.29, 1.82) is 0 Å². The van der Waals surface area contributed by atoms with Gasteiger partial charge in [0, 0.05) is 18.3 Å². The summed E-state index contributed by atoms with van der Waals surface area (Å²) in [6.07, 6.45) is 1.76. The van der Waals surface area contributed by atoms with Gasteiger partial charge in [0.1, 0.15) is 5.75 Å². The molecule has 2 aromatic rings. The molecule has 3 nitrogen and oxygen atoms in total. The number of aromatic hydroxyl groups is 1. The number of hydrogen-bond donors (Lipinski definition) is 2. The first-order valence-corrected chi connectivity index (χ1v) is 5.20. The van der Waals surface area contributed by atoms with Crippen molar-refractivity contribution in [1.82, 2.24) is 4.98 Å². The molecule has 0 atom stereocenters. The lowest BCUT2D eigenvalue weighted by atomic mass is 10.2. The topological polar surface area (TPSA) is 45.2 Å². The molecule has 82 valence electrons. The Balaban J connectivity index is 2.09. The number of phenols is 1. The van der Waals surface area contributed by atoms with Gasteiger partial charge in [0.15, 0.2) is 0 Å². The third kappa shape index (κ3) is 2.31. The molecule has 0 amide bonds. The van der Waals surface area contributed by atoms with Crippen LogP contribution in [0.1, 0.15) is 11.3 Å². The van der Waals surface area contributed by atoms with Crippen LogP contribution >= 0.6 is 0 Å². The fourth-order valence-electron chi connectivity index (χ4n) is 1.52. The van der Waals surface area contributed by atoms with Gasteiger partial charge < -0.3 is 10.4 Å². The number of aryl methyl sites for hydroxylation is 1. The highest BCUT2D eigenvalue weighted by atomic mass is 16.3. The standard InChI is InChI=1S/C13H14N2O/c1-10-12(6-4-8-14-10)15-9-11-5-2-3-7-13(11)16/h2-8,15-16H,9H2,1H3. The van der Waals surface area contributed by atoms with Crippen LogP contribution in [0.3, 0.4) is 0 Å². The van der Waals surface area contributed by atoms with Crippen LogP contribution in [0.4, 0.5) is 5.69 Å². The van der Waals surface area contributed by atoms with E-state index in [9.17, 15) is 5.11 Å². The molecule has 2 N–H and O–H groups in total. The van der Waals surface area contributed by atoms with Crippen molar-refractivity contribution in [3.05, 3.63) is 53.9 Å². The lowest BCUT2D eigenvalue weighted by molar-refractivity contribution is 0.469. The lowest BCUT2D eigenvalue weighted by Crippen LogP contribution is -2.01. The largest absolute Gasteiger partial charge is 0.508 e. The third-order valence-electron chi connectivity index (χ3n) is 2.47. The lowest BCUT2D eigenvalue weighted by Gasteiger charge is -2.09. The van der Waals surface area contributed by atoms with E-state index < -0.39 is 0 Å². The van der Waals surface area contributed by atoms with Gasteiger partial charge in [-0.25, -0.2) is 0 Å². The smallest absolute Gasteiger partial charge is 0.120 e. The van der Waals surface area contributed by atoms with E-state index in [1.807, 2.05) is 37.3 Å². The number of aromatic nitrogens is 1. The molecule has 0 saturated carbocycles. The number of rotatable bonds is 3. The maximum absolute atomic E-state index is 9.60. The monoisotopic (exact) mass is 214 g/mol. The van der Waals surface area contributed by atoms with Gasteiger partial charge in [-0.1, -0.05) is 18.2 Å². The number of pyridine rings is 1. The van der Waals surface area contributed by atoms with Crippen molar-refractivity contribution < 1.29 is 5.11 Å². The summed E-state index contributed by atoms with van der Waals surface area (Å²) < 4.78 is 0. The molecule has 0 aliphatic rings. The van der Waals surface area contributed by atoms with Crippen LogP contribution in [0, 0.1) is 6.92 Å². The molecule has 0 saturated heterocycles. The molecule has 0 aliphatic heterocycles. The Labute approximate surface area is 94.8 Å². The van der Waals surface area contributed by atoms with E-state index in [0.717, 1.165) is 16.9 Å². The molecule has 3 heteroatoms. The second kappa shape index (κ2) is 4.66. The van der Waals surface area contributed by atoms with Crippen LogP contribution in [-0.2, 0) is 6.54 Å². The zero-order valence-electron chi connectivity index (χ0n) is 9.14. The van der Waals surface area contributed by atoms with Crippen LogP contribution in [0.25, 0.3) is 0 Å². The Bertz CT molecular complexity index is 437. The van der Waals surface area contributed by atoms with E-state index in [2.05, 4.69) is 10.3 Å². The Morgan fingerprint density at radius 2 is 2.00 bits per heavy atom. The fourth-order valence-corrected chi connectivity index (χ4v) is 1.52. The second-order valence-corrected chi connectivity index (χ2v) is 3.62. The van der Waals surface area contributed by atoms with Gasteiger partial charge in [-0.05, 0) is 25.1 Å². The molecule has 1 aromatic heterocycles. The molecule has 0 bridgehead atoms. The van der Waals surface area contributed by atoms with Gasteiger partial charge in [-0.3, -0.25) is 4.98 Å². The number of nitrogens with zero attached hydrogens (tertiary/aromatic N) is 1. The molecule has 0 spiro atoms. The van der Waals surface area contributed by atoms with Crippen molar-refractivity contribution in [2.75, 3.05) is 5.32 Å². The molecule has 1 heterocycles. The number of benzene rings is 1. The van der Waals surface area contributed by atoms with E-state index in [0.29, 0.717) is 12.3 Å². The highest BCUT2D eigenvalue weighted by Crippen LogP contribution is 2.18. The van der Waals surface area contributed by atoms with Crippen molar-refractivity contribution in [2.45, 2.75) is 13.5 Å². The minimum atomic E-state index is 0.316. The van der Waals surface area contributed by atoms with E-state index in [1.165, 1.54) is 0 Å². The summed E-state index contributed by atoms with van der Waals surface area (Å²) in [7, 11) is 0. The zero-order valence-corrected chi connectivity index (χ0v) is 9.14. The van der Waals surface area contributed by atoms with E-state index in [-0.39, 0.29) is 0 Å². The van der Waals surface area contributed by atoms with E-state index >= 15 is 0 Å². The average molecular weight is 214 g/mol. The second-order valence-electron chi connectivity index (χ2n) is 3.62. The maximum atomic E-state index is 9.60. The van der Waals surface area contributed by atoms with E-state index in [4.69, 9.17) is 0 Å². The number of phenolic OH excluding ortho intramolecular Hbond substituents is 1. The number of para-hydroxylation sites is 1. The van der Waals surface area contributed by atoms with Crippen LogP contribution in [-0.4, -0.2) is 10.1 Å². The summed E-state index contributed by atoms with van der Waals surface area (Å²) in [6.45, 7) is 2.55. The number of hydrogen-bond acceptors (Lipinski definition) is 3. The van der Waals surface area contributed by atoms with Gasteiger partial charge in [0.2, 0.25) is 0 Å². The molecule has 0 fully saturated rings. The normalized spacial score (nSPS) is 10.1. The average Bonchev–Trinajstić information content (AvgIpc) is 2.30. The van der Waals surface area contributed by atoms with Crippen LogP contribution in [0.2, 0.25) is 0 Å². The Hall–Kier alpha value is -2.03. The molecule has 0 aliphatic carbocycles. The molecule has 1 aromatic carbocycles. The highest BCUT2D eigenvalue weighted by Gasteiger charge is 2.01. The minimum absolute atomic E-state index is 0.316. The summed E-state index contributed by atoms with van der Waals surface area (Å²) in [4.78, 5) is 4.19. The van der Waals surface area contributed by atoms with Crippen molar-refractivity contribution in [3.63, 3.8) is 0 Å². The van der Waals surface area contributed by atoms with Crippen molar-refractivity contribution >= 4 is 5.69 Å². The fraction of sp³-hybridized carbons (Fsp3) is 0.154. The van der Waals surface area contributed by atoms with Gasteiger partial charge in [-0.2, -0.15) is 0 Å². The molecule has 0 radical (unpaired) electrons. The zero-order chi connectivity index (χ0) is 11.4. The molecular formula is C13H14N2O. The highest BCUT2D eigenvalue weighted by molar-refractivity contribution is 5.48. The quantitative estimate of drug-likeness (QED) is 0.825. The van der Waals surface area contributed by atoms with Crippen LogP contribution < -0.4 is 5.32 Å². The number of anilines is 1. The van der Waals surface area contributed by atoms with Crippen molar-refractivity contribution in [2.24, 2.45) is 0 Å². The molecule has 0 unspecified atom stereocenters. The minimum Gasteiger partial charge on any atom is -0.508 e. The SMILES string of the molecule is Cc1ncccc1NCc1ccccc1O. The molecule has 2 rings (SSSR count). The van der Waals surface area contributed by atoms with Gasteiger partial charge in [0.25, 0.3) is 0 Å². The number of nitrogens with one attached hydrogen (secondary N) is 1. The predicted octanol–water partition coefficient (Wildman–Crippen LogP) is 2.71. The molecular weight excluding hydrogens is 200 g/mol. The Kier molecular flexibility index (Phi) is 3.05. The summed E-state index contributed by atoms with van der Waals surface area (Å²) in [6, 6.07) is 11.2. The van der Waals surface area contributed by atoms with Crippen LogP contribution in [0.15, 0.2) is 42.6 Å². The summed E-state index contributed by atoms with van der Waals surface area (Å²) >= 11 is 0. The van der Waals surface area contributed by atoms with Gasteiger partial charge in [0.05, 0.1) is 11.4 Å². The summed E-state index contributed by atoms with van der Waals surface area (Å²) in [5.41, 5.74) is 2.83. The molecule has 16 heavy (non-hydrogen) atoms. The van der Waals surface area contributed by atoms with Crippen LogP contribution in [0.5, 0.6) is 5.75 Å². The maximum Gasteiger partial charge on any atom is 0.120 e. The summed E-state index contributed by atoms with van der Waals surface area (Å²) in [5, 5.41) is 12.8. The third-order valence-corrected chi connectivity index (χ3v) is 2.47. The van der Waals surface area contributed by atoms with E-state index in [1.54, 1.807) is 12.3 Å². The first kappa shape index (κ1) is 10.5. The Morgan fingerprint density at radius 1 is 1.19 bits per heavy atom. The first-order chi connectivity index (χ1) is 7.77. The van der Waals surface area contributed by atoms with Gasteiger partial charge in [-0.15, -0.1) is 0 Å².